The smallest absolute Gasteiger partial charge is 0.152 e. The molecular weight excluding hydrogens is 230 g/mol. The third kappa shape index (κ3) is 2.80. The molecule has 3 nitrogen and oxygen atoms in total. The van der Waals surface area contributed by atoms with Gasteiger partial charge in [0.05, 0.1) is 11.5 Å². The van der Waals surface area contributed by atoms with Gasteiger partial charge in [0.1, 0.15) is 0 Å². The van der Waals surface area contributed by atoms with E-state index in [9.17, 15) is 8.42 Å². The van der Waals surface area contributed by atoms with Crippen molar-refractivity contribution in [1.82, 2.24) is 5.32 Å². The van der Waals surface area contributed by atoms with Crippen LogP contribution in [0.4, 0.5) is 0 Å². The van der Waals surface area contributed by atoms with Crippen LogP contribution >= 0.6 is 11.3 Å². The average molecular weight is 245 g/mol. The second-order valence-electron chi connectivity index (χ2n) is 4.08. The summed E-state index contributed by atoms with van der Waals surface area (Å²) in [6.07, 6.45) is 0.711. The maximum Gasteiger partial charge on any atom is 0.152 e. The van der Waals surface area contributed by atoms with Gasteiger partial charge in [0.25, 0.3) is 0 Å². The Morgan fingerprint density at radius 3 is 3.00 bits per heavy atom. The second kappa shape index (κ2) is 4.23. The molecule has 0 saturated carbocycles. The summed E-state index contributed by atoms with van der Waals surface area (Å²) in [6, 6.07) is 2.24. The van der Waals surface area contributed by atoms with Crippen molar-refractivity contribution in [2.75, 3.05) is 11.5 Å². The number of rotatable bonds is 1. The van der Waals surface area contributed by atoms with Crippen molar-refractivity contribution in [2.24, 2.45) is 0 Å². The van der Waals surface area contributed by atoms with Crippen LogP contribution in [0.15, 0.2) is 16.8 Å². The first-order valence-corrected chi connectivity index (χ1v) is 7.82. The van der Waals surface area contributed by atoms with E-state index in [0.717, 1.165) is 5.56 Å². The first kappa shape index (κ1) is 11.1. The van der Waals surface area contributed by atoms with E-state index in [4.69, 9.17) is 0 Å². The molecule has 1 aromatic heterocycles. The fourth-order valence-electron chi connectivity index (χ4n) is 1.83. The van der Waals surface area contributed by atoms with E-state index in [2.05, 4.69) is 5.32 Å². The number of nitrogens with one attached hydrogen (secondary N) is 1. The molecule has 0 radical (unpaired) electrons. The van der Waals surface area contributed by atoms with Crippen LogP contribution in [0.2, 0.25) is 0 Å². The normalized spacial score (nSPS) is 31.0. The third-order valence-electron chi connectivity index (χ3n) is 2.71. The predicted molar refractivity (Wildman–Crippen MR) is 62.9 cm³/mol. The van der Waals surface area contributed by atoms with Crippen molar-refractivity contribution < 1.29 is 8.42 Å². The van der Waals surface area contributed by atoms with Crippen molar-refractivity contribution in [3.63, 3.8) is 0 Å². The molecular formula is C10H15NO2S2. The van der Waals surface area contributed by atoms with E-state index in [1.54, 1.807) is 11.3 Å². The molecule has 1 aliphatic heterocycles. The third-order valence-corrected chi connectivity index (χ3v) is 5.11. The molecule has 15 heavy (non-hydrogen) atoms. The lowest BCUT2D eigenvalue weighted by Crippen LogP contribution is -2.30. The molecule has 5 heteroatoms. The highest BCUT2D eigenvalue weighted by molar-refractivity contribution is 7.91. The lowest BCUT2D eigenvalue weighted by molar-refractivity contribution is 0.485. The Morgan fingerprint density at radius 1 is 1.53 bits per heavy atom. The Kier molecular flexibility index (Phi) is 3.13. The number of hydrogen-bond acceptors (Lipinski definition) is 4. The molecule has 0 aliphatic carbocycles. The lowest BCUT2D eigenvalue weighted by Gasteiger charge is -2.17. The lowest BCUT2D eigenvalue weighted by atomic mass is 10.1. The summed E-state index contributed by atoms with van der Waals surface area (Å²) in [6.45, 7) is 2.04. The van der Waals surface area contributed by atoms with E-state index >= 15 is 0 Å². The van der Waals surface area contributed by atoms with Crippen LogP contribution in [0.1, 0.15) is 24.9 Å². The molecule has 84 valence electrons. The van der Waals surface area contributed by atoms with Gasteiger partial charge in [-0.2, -0.15) is 11.3 Å². The first-order valence-electron chi connectivity index (χ1n) is 5.05. The van der Waals surface area contributed by atoms with Crippen LogP contribution in [-0.2, 0) is 9.84 Å². The number of thiophene rings is 1. The zero-order valence-corrected chi connectivity index (χ0v) is 10.3. The van der Waals surface area contributed by atoms with E-state index in [-0.39, 0.29) is 17.8 Å². The van der Waals surface area contributed by atoms with Crippen LogP contribution < -0.4 is 5.32 Å². The Bertz CT molecular complexity index is 411. The zero-order valence-electron chi connectivity index (χ0n) is 8.64. The maximum atomic E-state index is 11.7. The van der Waals surface area contributed by atoms with Crippen LogP contribution in [0.25, 0.3) is 0 Å². The van der Waals surface area contributed by atoms with Crippen LogP contribution in [0.3, 0.4) is 0 Å². The highest BCUT2D eigenvalue weighted by atomic mass is 32.2. The summed E-state index contributed by atoms with van der Waals surface area (Å²) < 4.78 is 23.4. The minimum absolute atomic E-state index is 0.0289. The standard InChI is InChI=1S/C10H15NO2S2/c1-8-3-5-15(12,13)7-10(11-8)9-2-4-14-6-9/h2,4,6,8,10-11H,3,5,7H2,1H3. The molecule has 2 heterocycles. The van der Waals surface area contributed by atoms with Gasteiger partial charge < -0.3 is 5.32 Å². The molecule has 0 aromatic carbocycles. The highest BCUT2D eigenvalue weighted by Crippen LogP contribution is 2.22. The second-order valence-corrected chi connectivity index (χ2v) is 7.09. The van der Waals surface area contributed by atoms with Gasteiger partial charge in [-0.15, -0.1) is 0 Å². The summed E-state index contributed by atoms with van der Waals surface area (Å²) in [7, 11) is -2.89. The number of sulfone groups is 1. The summed E-state index contributed by atoms with van der Waals surface area (Å²) >= 11 is 1.61. The van der Waals surface area contributed by atoms with Crippen molar-refractivity contribution in [3.05, 3.63) is 22.4 Å². The quantitative estimate of drug-likeness (QED) is 0.817. The van der Waals surface area contributed by atoms with E-state index in [0.29, 0.717) is 12.2 Å². The van der Waals surface area contributed by atoms with Crippen molar-refractivity contribution in [1.29, 1.82) is 0 Å². The Hall–Kier alpha value is -0.390. The minimum Gasteiger partial charge on any atom is -0.306 e. The maximum absolute atomic E-state index is 11.7. The molecule has 0 amide bonds. The van der Waals surface area contributed by atoms with Gasteiger partial charge in [0.15, 0.2) is 9.84 Å². The van der Waals surface area contributed by atoms with Crippen molar-refractivity contribution in [3.8, 4) is 0 Å². The van der Waals surface area contributed by atoms with Crippen molar-refractivity contribution in [2.45, 2.75) is 25.4 Å². The first-order chi connectivity index (χ1) is 7.07. The monoisotopic (exact) mass is 245 g/mol. The molecule has 2 rings (SSSR count). The van der Waals surface area contributed by atoms with Gasteiger partial charge >= 0.3 is 0 Å². The highest BCUT2D eigenvalue weighted by Gasteiger charge is 2.26. The van der Waals surface area contributed by atoms with Crippen molar-refractivity contribution >= 4 is 21.2 Å². The van der Waals surface area contributed by atoms with E-state index < -0.39 is 9.84 Å². The van der Waals surface area contributed by atoms with Gasteiger partial charge in [-0.25, -0.2) is 8.42 Å². The molecule has 0 spiro atoms. The van der Waals surface area contributed by atoms with Gasteiger partial charge in [-0.05, 0) is 35.7 Å². The Labute approximate surface area is 94.4 Å². The molecule has 1 fully saturated rings. The largest absolute Gasteiger partial charge is 0.306 e. The van der Waals surface area contributed by atoms with Crippen LogP contribution in [0, 0.1) is 0 Å². The van der Waals surface area contributed by atoms with Gasteiger partial charge in [-0.1, -0.05) is 0 Å². The number of hydrogen-bond donors (Lipinski definition) is 1. The summed E-state index contributed by atoms with van der Waals surface area (Å²) in [5.41, 5.74) is 1.09. The average Bonchev–Trinajstić information content (AvgIpc) is 2.62. The summed E-state index contributed by atoms with van der Waals surface area (Å²) in [5, 5.41) is 7.37. The minimum atomic E-state index is -2.89. The van der Waals surface area contributed by atoms with Gasteiger partial charge in [0.2, 0.25) is 0 Å². The van der Waals surface area contributed by atoms with Crippen LogP contribution in [-0.4, -0.2) is 26.0 Å². The molecule has 1 aliphatic rings. The van der Waals surface area contributed by atoms with Gasteiger partial charge in [0, 0.05) is 12.1 Å². The van der Waals surface area contributed by atoms with Gasteiger partial charge in [-0.3, -0.25) is 0 Å². The molecule has 2 atom stereocenters. The Balaban J connectivity index is 2.24. The summed E-state index contributed by atoms with van der Waals surface area (Å²) in [4.78, 5) is 0. The summed E-state index contributed by atoms with van der Waals surface area (Å²) in [5.74, 6) is 0.538. The fourth-order valence-corrected chi connectivity index (χ4v) is 4.22. The molecule has 1 saturated heterocycles. The molecule has 2 unspecified atom stereocenters. The predicted octanol–water partition coefficient (Wildman–Crippen LogP) is 1.59. The molecule has 0 bridgehead atoms. The Morgan fingerprint density at radius 2 is 2.33 bits per heavy atom. The van der Waals surface area contributed by atoms with E-state index in [1.807, 2.05) is 23.8 Å². The topological polar surface area (TPSA) is 46.2 Å². The zero-order chi connectivity index (χ0) is 10.9. The SMILES string of the molecule is CC1CCS(=O)(=O)CC(c2ccsc2)N1. The van der Waals surface area contributed by atoms with Crippen LogP contribution in [0.5, 0.6) is 0 Å². The molecule has 1 N–H and O–H groups in total. The fraction of sp³-hybridized carbons (Fsp3) is 0.600. The van der Waals surface area contributed by atoms with E-state index in [1.165, 1.54) is 0 Å². The molecule has 1 aromatic rings.